The zero-order chi connectivity index (χ0) is 25.2. The number of carbonyl (C=O) groups is 1. The molecule has 7 heteroatoms. The van der Waals surface area contributed by atoms with Gasteiger partial charge in [0.15, 0.2) is 0 Å². The predicted molar refractivity (Wildman–Crippen MR) is 144 cm³/mol. The molecule has 0 saturated carbocycles. The molecule has 1 aromatic heterocycles. The fraction of sp³-hybridized carbons (Fsp3) is 0.400. The normalized spacial score (nSPS) is 21.0. The van der Waals surface area contributed by atoms with Gasteiger partial charge in [-0.15, -0.1) is 0 Å². The molecule has 0 aliphatic carbocycles. The number of anilines is 1. The Balaban J connectivity index is 1.31. The number of ether oxygens (including phenoxy) is 1. The van der Waals surface area contributed by atoms with Crippen LogP contribution in [0.2, 0.25) is 0 Å². The Morgan fingerprint density at radius 3 is 2.68 bits per heavy atom. The summed E-state index contributed by atoms with van der Waals surface area (Å²) in [6.45, 7) is 6.03. The maximum Gasteiger partial charge on any atom is 0.253 e. The highest BCUT2D eigenvalue weighted by atomic mass is 16.5. The first kappa shape index (κ1) is 23.9. The smallest absolute Gasteiger partial charge is 0.253 e. The molecule has 2 atom stereocenters. The van der Waals surface area contributed by atoms with E-state index < -0.39 is 0 Å². The second kappa shape index (κ2) is 10.5. The van der Waals surface area contributed by atoms with Crippen molar-refractivity contribution in [1.29, 1.82) is 0 Å². The first-order chi connectivity index (χ1) is 18.2. The number of hydrogen-bond donors (Lipinski definition) is 2. The lowest BCUT2D eigenvalue weighted by atomic mass is 9.84. The standard InChI is InChI=1S/C30H34N4O3/c35-29(31-12-6-13-33-15-17-37-18-16-33)23-19-22-9-5-14-34-27(22)25(20-23)26(21-7-2-1-3-8-21)28(34)24-10-4-11-32-30(24)36/h1-4,7-8,10-11,19-20,26,28H,5-6,9,12-18H2,(H,31,35)(H,32,36). The molecule has 3 aliphatic rings. The third-order valence-corrected chi connectivity index (χ3v) is 7.97. The van der Waals surface area contributed by atoms with E-state index in [0.29, 0.717) is 12.1 Å². The SMILES string of the molecule is O=C(NCCCN1CCOCC1)c1cc2c3c(c1)C(c1ccccc1)C(c1ccc[nH]c1=O)N3CCC2. The number of aromatic amines is 1. The Labute approximate surface area is 217 Å². The number of morpholine rings is 1. The minimum Gasteiger partial charge on any atom is -0.379 e. The molecule has 4 heterocycles. The van der Waals surface area contributed by atoms with Crippen LogP contribution < -0.4 is 15.8 Å². The Kier molecular flexibility index (Phi) is 6.81. The van der Waals surface area contributed by atoms with Crippen LogP contribution in [-0.2, 0) is 11.2 Å². The van der Waals surface area contributed by atoms with Crippen molar-refractivity contribution in [3.8, 4) is 0 Å². The van der Waals surface area contributed by atoms with Gasteiger partial charge in [-0.25, -0.2) is 0 Å². The molecule has 37 heavy (non-hydrogen) atoms. The van der Waals surface area contributed by atoms with Gasteiger partial charge in [-0.05, 0) is 66.8 Å². The lowest BCUT2D eigenvalue weighted by Crippen LogP contribution is -2.38. The summed E-state index contributed by atoms with van der Waals surface area (Å²) in [7, 11) is 0. The summed E-state index contributed by atoms with van der Waals surface area (Å²) in [4.78, 5) is 33.9. The number of aryl methyl sites for hydroxylation is 1. The highest BCUT2D eigenvalue weighted by molar-refractivity contribution is 5.96. The number of carbonyl (C=O) groups excluding carboxylic acids is 1. The van der Waals surface area contributed by atoms with E-state index in [-0.39, 0.29) is 23.4 Å². The summed E-state index contributed by atoms with van der Waals surface area (Å²) in [6, 6.07) is 18.3. The van der Waals surface area contributed by atoms with Gasteiger partial charge in [-0.2, -0.15) is 0 Å². The van der Waals surface area contributed by atoms with E-state index in [1.54, 1.807) is 6.20 Å². The van der Waals surface area contributed by atoms with Gasteiger partial charge in [0.1, 0.15) is 0 Å². The van der Waals surface area contributed by atoms with Crippen LogP contribution in [-0.4, -0.2) is 61.7 Å². The maximum atomic E-state index is 13.3. The van der Waals surface area contributed by atoms with E-state index in [0.717, 1.165) is 75.3 Å². The van der Waals surface area contributed by atoms with Crippen LogP contribution >= 0.6 is 0 Å². The fourth-order valence-corrected chi connectivity index (χ4v) is 6.28. The van der Waals surface area contributed by atoms with Gasteiger partial charge in [-0.1, -0.05) is 30.3 Å². The van der Waals surface area contributed by atoms with Crippen LogP contribution in [0.3, 0.4) is 0 Å². The number of amides is 1. The first-order valence-electron chi connectivity index (χ1n) is 13.4. The first-order valence-corrected chi connectivity index (χ1v) is 13.4. The highest BCUT2D eigenvalue weighted by Gasteiger charge is 2.44. The molecule has 0 spiro atoms. The molecule has 3 aliphatic heterocycles. The molecule has 1 saturated heterocycles. The van der Waals surface area contributed by atoms with Gasteiger partial charge in [0.25, 0.3) is 11.5 Å². The van der Waals surface area contributed by atoms with Crippen LogP contribution in [0.4, 0.5) is 5.69 Å². The number of rotatable bonds is 7. The number of pyridine rings is 1. The molecular formula is C30H34N4O3. The van der Waals surface area contributed by atoms with Crippen LogP contribution in [0.15, 0.2) is 65.6 Å². The number of nitrogens with zero attached hydrogens (tertiary/aromatic N) is 2. The number of hydrogen-bond acceptors (Lipinski definition) is 5. The van der Waals surface area contributed by atoms with Crippen molar-refractivity contribution in [3.05, 3.63) is 99.0 Å². The summed E-state index contributed by atoms with van der Waals surface area (Å²) in [5, 5.41) is 3.15. The van der Waals surface area contributed by atoms with Crippen molar-refractivity contribution in [2.24, 2.45) is 0 Å². The molecule has 3 aromatic rings. The lowest BCUT2D eigenvalue weighted by Gasteiger charge is -2.34. The molecular weight excluding hydrogens is 464 g/mol. The van der Waals surface area contributed by atoms with Crippen LogP contribution in [0, 0.1) is 0 Å². The van der Waals surface area contributed by atoms with Gasteiger partial charge in [0.2, 0.25) is 0 Å². The average molecular weight is 499 g/mol. The lowest BCUT2D eigenvalue weighted by molar-refractivity contribution is 0.0374. The van der Waals surface area contributed by atoms with Crippen molar-refractivity contribution in [3.63, 3.8) is 0 Å². The average Bonchev–Trinajstić information content (AvgIpc) is 3.27. The van der Waals surface area contributed by atoms with Crippen LogP contribution in [0.25, 0.3) is 0 Å². The molecule has 7 nitrogen and oxygen atoms in total. The number of H-pyrrole nitrogens is 1. The van der Waals surface area contributed by atoms with Crippen molar-refractivity contribution in [1.82, 2.24) is 15.2 Å². The number of aromatic nitrogens is 1. The molecule has 0 bridgehead atoms. The van der Waals surface area contributed by atoms with E-state index in [1.165, 1.54) is 11.3 Å². The van der Waals surface area contributed by atoms with Gasteiger partial charge in [-0.3, -0.25) is 14.5 Å². The summed E-state index contributed by atoms with van der Waals surface area (Å²) >= 11 is 0. The topological polar surface area (TPSA) is 77.7 Å². The fourth-order valence-electron chi connectivity index (χ4n) is 6.28. The van der Waals surface area contributed by atoms with E-state index in [2.05, 4.69) is 56.5 Å². The van der Waals surface area contributed by atoms with Crippen molar-refractivity contribution in [2.45, 2.75) is 31.2 Å². The molecule has 0 radical (unpaired) electrons. The third-order valence-electron chi connectivity index (χ3n) is 7.97. The Hall–Kier alpha value is -3.42. The van der Waals surface area contributed by atoms with E-state index in [4.69, 9.17) is 4.74 Å². The minimum absolute atomic E-state index is 0.0222. The summed E-state index contributed by atoms with van der Waals surface area (Å²) in [5.41, 5.74) is 6.16. The molecule has 192 valence electrons. The molecule has 1 amide bonds. The zero-order valence-corrected chi connectivity index (χ0v) is 21.1. The van der Waals surface area contributed by atoms with Gasteiger partial charge >= 0.3 is 0 Å². The van der Waals surface area contributed by atoms with E-state index >= 15 is 0 Å². The zero-order valence-electron chi connectivity index (χ0n) is 21.1. The molecule has 1 fully saturated rings. The second-order valence-electron chi connectivity index (χ2n) is 10.2. The molecule has 2 N–H and O–H groups in total. The minimum atomic E-state index is -0.103. The van der Waals surface area contributed by atoms with Crippen molar-refractivity contribution >= 4 is 11.6 Å². The van der Waals surface area contributed by atoms with E-state index in [9.17, 15) is 9.59 Å². The highest BCUT2D eigenvalue weighted by Crippen LogP contribution is 2.54. The number of nitrogens with one attached hydrogen (secondary N) is 2. The quantitative estimate of drug-likeness (QED) is 0.488. The Bertz CT molecular complexity index is 1320. The van der Waals surface area contributed by atoms with Crippen molar-refractivity contribution < 1.29 is 9.53 Å². The van der Waals surface area contributed by atoms with Gasteiger partial charge in [0.05, 0.1) is 19.3 Å². The predicted octanol–water partition coefficient (Wildman–Crippen LogP) is 3.47. The monoisotopic (exact) mass is 498 g/mol. The summed E-state index contributed by atoms with van der Waals surface area (Å²) < 4.78 is 5.42. The number of benzene rings is 2. The third kappa shape index (κ3) is 4.69. The van der Waals surface area contributed by atoms with Crippen LogP contribution in [0.1, 0.15) is 57.4 Å². The Morgan fingerprint density at radius 2 is 1.86 bits per heavy atom. The summed E-state index contributed by atoms with van der Waals surface area (Å²) in [5.74, 6) is -0.0448. The molecule has 6 rings (SSSR count). The summed E-state index contributed by atoms with van der Waals surface area (Å²) in [6.07, 6.45) is 4.55. The maximum absolute atomic E-state index is 13.3. The van der Waals surface area contributed by atoms with Crippen LogP contribution in [0.5, 0.6) is 0 Å². The van der Waals surface area contributed by atoms with Crippen molar-refractivity contribution in [2.75, 3.05) is 50.8 Å². The van der Waals surface area contributed by atoms with E-state index in [1.807, 2.05) is 18.2 Å². The van der Waals surface area contributed by atoms with Gasteiger partial charge < -0.3 is 19.9 Å². The molecule has 2 unspecified atom stereocenters. The van der Waals surface area contributed by atoms with Gasteiger partial charge in [0, 0.05) is 55.1 Å². The largest absolute Gasteiger partial charge is 0.379 e. The Morgan fingerprint density at radius 1 is 1.03 bits per heavy atom. The second-order valence-corrected chi connectivity index (χ2v) is 10.2. The molecule has 2 aromatic carbocycles.